The maximum atomic E-state index is 5.79. The third kappa shape index (κ3) is 12.3. The first-order valence-corrected chi connectivity index (χ1v) is 7.62. The summed E-state index contributed by atoms with van der Waals surface area (Å²) in [5.41, 5.74) is 0. The molecule has 0 bridgehead atoms. The Hall–Kier alpha value is -0.120. The van der Waals surface area contributed by atoms with Gasteiger partial charge in [-0.1, -0.05) is 40.0 Å². The van der Waals surface area contributed by atoms with Crippen molar-refractivity contribution in [1.29, 1.82) is 0 Å². The molecule has 0 aliphatic heterocycles. The Bertz CT molecular complexity index is 139. The first-order chi connectivity index (χ1) is 8.85. The van der Waals surface area contributed by atoms with Crippen LogP contribution in [0.3, 0.4) is 0 Å². The second-order valence-corrected chi connectivity index (χ2v) is 4.70. The van der Waals surface area contributed by atoms with E-state index in [-0.39, 0.29) is 6.10 Å². The van der Waals surface area contributed by atoms with Crippen LogP contribution >= 0.6 is 0 Å². The predicted molar refractivity (Wildman–Crippen MR) is 76.1 cm³/mol. The summed E-state index contributed by atoms with van der Waals surface area (Å²) < 4.78 is 17.0. The van der Waals surface area contributed by atoms with Crippen molar-refractivity contribution in [3.8, 4) is 0 Å². The average molecular weight is 260 g/mol. The second kappa shape index (κ2) is 14.9. The van der Waals surface area contributed by atoms with Crippen LogP contribution in [0.4, 0.5) is 0 Å². The van der Waals surface area contributed by atoms with Crippen LogP contribution in [-0.2, 0) is 14.2 Å². The molecule has 0 unspecified atom stereocenters. The van der Waals surface area contributed by atoms with E-state index in [4.69, 9.17) is 14.2 Å². The lowest BCUT2D eigenvalue weighted by molar-refractivity contribution is -0.0611. The number of unbranched alkanes of at least 4 members (excludes halogenated alkanes) is 3. The molecule has 0 heterocycles. The third-order valence-corrected chi connectivity index (χ3v) is 2.74. The zero-order chi connectivity index (χ0) is 13.5. The highest BCUT2D eigenvalue weighted by atomic mass is 16.6. The number of hydrogen-bond acceptors (Lipinski definition) is 3. The van der Waals surface area contributed by atoms with Crippen molar-refractivity contribution in [2.24, 2.45) is 0 Å². The van der Waals surface area contributed by atoms with E-state index in [2.05, 4.69) is 20.8 Å². The highest BCUT2D eigenvalue weighted by molar-refractivity contribution is 4.56. The molecule has 0 fully saturated rings. The van der Waals surface area contributed by atoms with E-state index in [9.17, 15) is 0 Å². The van der Waals surface area contributed by atoms with Crippen molar-refractivity contribution in [2.75, 3.05) is 33.0 Å². The zero-order valence-corrected chi connectivity index (χ0v) is 12.6. The molecule has 0 aromatic carbocycles. The van der Waals surface area contributed by atoms with Gasteiger partial charge >= 0.3 is 0 Å². The van der Waals surface area contributed by atoms with E-state index >= 15 is 0 Å². The SMILES string of the molecule is CCCCOCC(COCCCC)OCCCC. The molecule has 0 saturated heterocycles. The van der Waals surface area contributed by atoms with Crippen LogP contribution in [0.15, 0.2) is 0 Å². The molecule has 0 radical (unpaired) electrons. The summed E-state index contributed by atoms with van der Waals surface area (Å²) in [5, 5.41) is 0. The Morgan fingerprint density at radius 2 is 1.11 bits per heavy atom. The van der Waals surface area contributed by atoms with E-state index in [1.54, 1.807) is 0 Å². The average Bonchev–Trinajstić information content (AvgIpc) is 2.39. The summed E-state index contributed by atoms with van der Waals surface area (Å²) in [6, 6.07) is 0. The molecule has 0 spiro atoms. The number of ether oxygens (including phenoxy) is 3. The van der Waals surface area contributed by atoms with E-state index in [1.165, 1.54) is 19.3 Å². The molecule has 0 aliphatic carbocycles. The topological polar surface area (TPSA) is 27.7 Å². The molecular formula is C15H32O3. The molecular weight excluding hydrogens is 228 g/mol. The molecule has 0 aromatic rings. The first-order valence-electron chi connectivity index (χ1n) is 7.62. The Morgan fingerprint density at radius 3 is 1.56 bits per heavy atom. The lowest BCUT2D eigenvalue weighted by Crippen LogP contribution is -2.26. The van der Waals surface area contributed by atoms with Crippen LogP contribution < -0.4 is 0 Å². The van der Waals surface area contributed by atoms with Gasteiger partial charge in [0.25, 0.3) is 0 Å². The minimum absolute atomic E-state index is 0.102. The quantitative estimate of drug-likeness (QED) is 0.445. The maximum absolute atomic E-state index is 5.79. The summed E-state index contributed by atoms with van der Waals surface area (Å²) in [4.78, 5) is 0. The Kier molecular flexibility index (Phi) is 14.8. The lowest BCUT2D eigenvalue weighted by Gasteiger charge is -2.18. The zero-order valence-electron chi connectivity index (χ0n) is 12.6. The van der Waals surface area contributed by atoms with Gasteiger partial charge in [0, 0.05) is 19.8 Å². The normalized spacial score (nSPS) is 11.3. The second-order valence-electron chi connectivity index (χ2n) is 4.70. The van der Waals surface area contributed by atoms with Gasteiger partial charge in [0.2, 0.25) is 0 Å². The maximum Gasteiger partial charge on any atom is 0.104 e. The smallest absolute Gasteiger partial charge is 0.104 e. The predicted octanol–water partition coefficient (Wildman–Crippen LogP) is 3.81. The van der Waals surface area contributed by atoms with Gasteiger partial charge in [-0.2, -0.15) is 0 Å². The van der Waals surface area contributed by atoms with Gasteiger partial charge in [-0.05, 0) is 19.3 Å². The molecule has 0 amide bonds. The fourth-order valence-corrected chi connectivity index (χ4v) is 1.46. The fourth-order valence-electron chi connectivity index (χ4n) is 1.46. The molecule has 0 aliphatic rings. The van der Waals surface area contributed by atoms with Crippen molar-refractivity contribution < 1.29 is 14.2 Å². The molecule has 110 valence electrons. The monoisotopic (exact) mass is 260 g/mol. The Balaban J connectivity index is 3.62. The van der Waals surface area contributed by atoms with E-state index in [0.717, 1.165) is 39.1 Å². The Morgan fingerprint density at radius 1 is 0.667 bits per heavy atom. The number of rotatable bonds is 14. The van der Waals surface area contributed by atoms with Gasteiger partial charge in [-0.25, -0.2) is 0 Å². The van der Waals surface area contributed by atoms with E-state index in [0.29, 0.717) is 13.2 Å². The highest BCUT2D eigenvalue weighted by Crippen LogP contribution is 2.01. The summed E-state index contributed by atoms with van der Waals surface area (Å²) >= 11 is 0. The van der Waals surface area contributed by atoms with Gasteiger partial charge < -0.3 is 14.2 Å². The van der Waals surface area contributed by atoms with Crippen LogP contribution in [0.5, 0.6) is 0 Å². The van der Waals surface area contributed by atoms with Gasteiger partial charge in [0.15, 0.2) is 0 Å². The van der Waals surface area contributed by atoms with Gasteiger partial charge in [0.1, 0.15) is 6.10 Å². The molecule has 0 atom stereocenters. The largest absolute Gasteiger partial charge is 0.379 e. The van der Waals surface area contributed by atoms with Crippen molar-refractivity contribution in [1.82, 2.24) is 0 Å². The van der Waals surface area contributed by atoms with Crippen LogP contribution in [0.1, 0.15) is 59.3 Å². The number of hydrogen-bond donors (Lipinski definition) is 0. The molecule has 0 rings (SSSR count). The van der Waals surface area contributed by atoms with E-state index < -0.39 is 0 Å². The van der Waals surface area contributed by atoms with Gasteiger partial charge in [-0.3, -0.25) is 0 Å². The standard InChI is InChI=1S/C15H32O3/c1-4-7-10-16-13-15(18-12-9-6-3)14-17-11-8-5-2/h15H,4-14H2,1-3H3. The Labute approximate surface area is 113 Å². The minimum atomic E-state index is 0.102. The molecule has 3 nitrogen and oxygen atoms in total. The van der Waals surface area contributed by atoms with Gasteiger partial charge in [-0.15, -0.1) is 0 Å². The molecule has 18 heavy (non-hydrogen) atoms. The van der Waals surface area contributed by atoms with Crippen LogP contribution in [-0.4, -0.2) is 39.1 Å². The fraction of sp³-hybridized carbons (Fsp3) is 1.00. The van der Waals surface area contributed by atoms with Gasteiger partial charge in [0.05, 0.1) is 13.2 Å². The summed E-state index contributed by atoms with van der Waals surface area (Å²) in [6.07, 6.45) is 6.98. The summed E-state index contributed by atoms with van der Waals surface area (Å²) in [6.45, 7) is 10.3. The van der Waals surface area contributed by atoms with Crippen LogP contribution in [0.25, 0.3) is 0 Å². The summed E-state index contributed by atoms with van der Waals surface area (Å²) in [5.74, 6) is 0. The lowest BCUT2D eigenvalue weighted by atomic mass is 10.3. The molecule has 0 N–H and O–H groups in total. The van der Waals surface area contributed by atoms with E-state index in [1.807, 2.05) is 0 Å². The van der Waals surface area contributed by atoms with Crippen molar-refractivity contribution >= 4 is 0 Å². The first kappa shape index (κ1) is 17.9. The van der Waals surface area contributed by atoms with Crippen molar-refractivity contribution in [3.63, 3.8) is 0 Å². The van der Waals surface area contributed by atoms with Crippen LogP contribution in [0, 0.1) is 0 Å². The summed E-state index contributed by atoms with van der Waals surface area (Å²) in [7, 11) is 0. The van der Waals surface area contributed by atoms with Crippen molar-refractivity contribution in [3.05, 3.63) is 0 Å². The molecule has 0 saturated carbocycles. The molecule has 3 heteroatoms. The minimum Gasteiger partial charge on any atom is -0.379 e. The van der Waals surface area contributed by atoms with Crippen molar-refractivity contribution in [2.45, 2.75) is 65.4 Å². The van der Waals surface area contributed by atoms with Crippen LogP contribution in [0.2, 0.25) is 0 Å². The molecule has 0 aromatic heterocycles. The highest BCUT2D eigenvalue weighted by Gasteiger charge is 2.09. The third-order valence-electron chi connectivity index (χ3n) is 2.74.